The van der Waals surface area contributed by atoms with Gasteiger partial charge in [-0.05, 0) is 25.7 Å². The number of phosphoric ester groups is 2. The van der Waals surface area contributed by atoms with Crippen LogP contribution in [-0.2, 0) is 41.8 Å². The highest BCUT2D eigenvalue weighted by atomic mass is 31.2. The van der Waals surface area contributed by atoms with Gasteiger partial charge in [0.25, 0.3) is 0 Å². The fraction of sp³-hybridized carbons (Fsp3) is 0.915. The molecule has 1 aliphatic carbocycles. The van der Waals surface area contributed by atoms with E-state index in [0.29, 0.717) is 38.5 Å². The molecule has 68 heavy (non-hydrogen) atoms. The summed E-state index contributed by atoms with van der Waals surface area (Å²) in [6.45, 7) is 2.62. The van der Waals surface area contributed by atoms with Gasteiger partial charge in [-0.3, -0.25) is 23.2 Å². The minimum atomic E-state index is -5.76. The Morgan fingerprint density at radius 1 is 0.750 bits per heavy atom. The molecule has 0 aromatic carbocycles. The molecule has 1 saturated carbocycles. The number of hydrogen-bond acceptors (Lipinski definition) is 16. The van der Waals surface area contributed by atoms with Crippen LogP contribution in [0.1, 0.15) is 187 Å². The number of esters is 2. The van der Waals surface area contributed by atoms with E-state index in [1.807, 2.05) is 6.92 Å². The van der Waals surface area contributed by atoms with E-state index in [1.165, 1.54) is 63.9 Å². The zero-order valence-electron chi connectivity index (χ0n) is 40.6. The Morgan fingerprint density at radius 3 is 1.90 bits per heavy atom. The summed E-state index contributed by atoms with van der Waals surface area (Å²) >= 11 is 0. The normalized spacial score (nSPS) is 31.6. The van der Waals surface area contributed by atoms with Crippen LogP contribution < -0.4 is 0 Å². The molecule has 13 atom stereocenters. The van der Waals surface area contributed by atoms with E-state index in [4.69, 9.17) is 23.0 Å². The summed E-state index contributed by atoms with van der Waals surface area (Å²) in [5.74, 6) is -4.36. The van der Waals surface area contributed by atoms with E-state index in [0.717, 1.165) is 51.0 Å². The summed E-state index contributed by atoms with van der Waals surface area (Å²) in [7, 11) is -11.4. The molecule has 0 spiro atoms. The zero-order valence-corrected chi connectivity index (χ0v) is 42.4. The Hall–Kier alpha value is -1.38. The monoisotopic (exact) mass is 1020 g/mol. The Labute approximate surface area is 404 Å². The Balaban J connectivity index is 2.32. The van der Waals surface area contributed by atoms with Gasteiger partial charge in [-0.1, -0.05) is 154 Å². The van der Waals surface area contributed by atoms with Crippen LogP contribution in [0.25, 0.3) is 0 Å². The number of unbranched alkanes of at least 4 members (excludes halogenated alkanes) is 16. The Bertz CT molecular complexity index is 1480. The first-order valence-electron chi connectivity index (χ1n) is 25.5. The number of carbonyl (C=O) groups excluding carboxylic acids is 2. The SMILES string of the molecule is CCCCCCCCCCCCCCCCCC(=O)O[C@@H]1COC(=O)CCCCCC[C@@H]2[C@@H](O)[C@H](O)[C@@H](O)[C@H](OP(=O)(O)OC1)[C@H](OP(=O)(O)O)[C@H](O)[C@@H](/C=C/[C@@H](O)CCCCC)[C@H](O)C[C@@H]2O. The molecule has 0 amide bonds. The first kappa shape index (κ1) is 62.7. The van der Waals surface area contributed by atoms with Crippen molar-refractivity contribution in [2.24, 2.45) is 11.8 Å². The molecule has 0 radical (unpaired) electrons. The molecule has 2 fully saturated rings. The van der Waals surface area contributed by atoms with E-state index >= 15 is 0 Å². The quantitative estimate of drug-likeness (QED) is 0.0206. The van der Waals surface area contributed by atoms with Crippen LogP contribution in [-0.4, -0.2) is 137 Å². The van der Waals surface area contributed by atoms with Crippen LogP contribution in [0.4, 0.5) is 0 Å². The van der Waals surface area contributed by atoms with Gasteiger partial charge < -0.3 is 59.9 Å². The van der Waals surface area contributed by atoms with Gasteiger partial charge in [0, 0.05) is 31.1 Å². The van der Waals surface area contributed by atoms with Crippen molar-refractivity contribution in [3.8, 4) is 0 Å². The third-order valence-electron chi connectivity index (χ3n) is 12.9. The number of cyclic esters (lactones) is 1. The van der Waals surface area contributed by atoms with Gasteiger partial charge in [-0.2, -0.15) is 0 Å². The molecule has 1 saturated heterocycles. The number of carbonyl (C=O) groups is 2. The van der Waals surface area contributed by atoms with Gasteiger partial charge in [0.15, 0.2) is 6.10 Å². The molecule has 1 unspecified atom stereocenters. The summed E-state index contributed by atoms with van der Waals surface area (Å²) < 4.78 is 52.4. The third kappa shape index (κ3) is 26.4. The fourth-order valence-electron chi connectivity index (χ4n) is 8.88. The number of ether oxygens (including phenoxy) is 2. The molecule has 19 nitrogen and oxygen atoms in total. The first-order valence-corrected chi connectivity index (χ1v) is 28.5. The number of phosphoric acid groups is 2. The summed E-state index contributed by atoms with van der Waals surface area (Å²) in [5, 5.41) is 80.0. The minimum absolute atomic E-state index is 0.0172. The molecular formula is C47H88O19P2. The van der Waals surface area contributed by atoms with Crippen molar-refractivity contribution < 1.29 is 92.2 Å². The van der Waals surface area contributed by atoms with Gasteiger partial charge in [0.1, 0.15) is 31.0 Å². The smallest absolute Gasteiger partial charge is 0.462 e. The summed E-state index contributed by atoms with van der Waals surface area (Å²) in [4.78, 5) is 56.8. The molecule has 0 aromatic heterocycles. The van der Waals surface area contributed by atoms with Crippen LogP contribution in [0.5, 0.6) is 0 Å². The highest BCUT2D eigenvalue weighted by Crippen LogP contribution is 2.50. The van der Waals surface area contributed by atoms with Crippen LogP contribution in [0.2, 0.25) is 0 Å². The molecule has 2 aliphatic rings. The molecule has 10 N–H and O–H groups in total. The average molecular weight is 1020 g/mol. The highest BCUT2D eigenvalue weighted by molar-refractivity contribution is 7.47. The van der Waals surface area contributed by atoms with Crippen LogP contribution in [0, 0.1) is 11.8 Å². The lowest BCUT2D eigenvalue weighted by atomic mass is 9.82. The summed E-state index contributed by atoms with van der Waals surface area (Å²) in [5.41, 5.74) is 0. The predicted octanol–water partition coefficient (Wildman–Crippen LogP) is 6.34. The van der Waals surface area contributed by atoms with Gasteiger partial charge >= 0.3 is 27.6 Å². The Kier molecular flexibility index (Phi) is 32.2. The van der Waals surface area contributed by atoms with Crippen LogP contribution in [0.3, 0.4) is 0 Å². The van der Waals surface area contributed by atoms with Gasteiger partial charge in [-0.15, -0.1) is 0 Å². The molecule has 2 rings (SSSR count). The van der Waals surface area contributed by atoms with Crippen molar-refractivity contribution in [3.63, 3.8) is 0 Å². The van der Waals surface area contributed by atoms with Gasteiger partial charge in [0.2, 0.25) is 0 Å². The number of aliphatic hydroxyl groups is 7. The maximum absolute atomic E-state index is 13.8. The number of aliphatic hydroxyl groups excluding tert-OH is 7. The lowest BCUT2D eigenvalue weighted by Gasteiger charge is -2.39. The van der Waals surface area contributed by atoms with E-state index in [-0.39, 0.29) is 25.7 Å². The first-order chi connectivity index (χ1) is 32.3. The molecule has 1 heterocycles. The fourth-order valence-corrected chi connectivity index (χ4v) is 10.4. The molecule has 400 valence electrons. The minimum Gasteiger partial charge on any atom is -0.462 e. The second-order valence-electron chi connectivity index (χ2n) is 18.9. The van der Waals surface area contributed by atoms with E-state index in [1.54, 1.807) is 0 Å². The maximum atomic E-state index is 13.8. The molecule has 0 aromatic rings. The molecule has 1 aliphatic heterocycles. The van der Waals surface area contributed by atoms with Crippen molar-refractivity contribution in [1.29, 1.82) is 0 Å². The van der Waals surface area contributed by atoms with Crippen molar-refractivity contribution in [2.75, 3.05) is 13.2 Å². The number of hydrogen-bond donors (Lipinski definition) is 10. The van der Waals surface area contributed by atoms with Crippen molar-refractivity contribution in [3.05, 3.63) is 12.2 Å². The van der Waals surface area contributed by atoms with Gasteiger partial charge in [0.05, 0.1) is 37.1 Å². The molecule has 2 bridgehead atoms. The van der Waals surface area contributed by atoms with E-state index in [9.17, 15) is 69.1 Å². The van der Waals surface area contributed by atoms with Crippen molar-refractivity contribution >= 4 is 27.6 Å². The number of rotatable bonds is 25. The zero-order chi connectivity index (χ0) is 50.5. The third-order valence-corrected chi connectivity index (χ3v) is 14.4. The molecule has 21 heteroatoms. The summed E-state index contributed by atoms with van der Waals surface area (Å²) in [6.07, 6.45) is 1.93. The van der Waals surface area contributed by atoms with Crippen molar-refractivity contribution in [1.82, 2.24) is 0 Å². The standard InChI is InChI=1S/C47H88O19P2/c1-3-5-7-8-9-10-11-12-13-14-15-16-17-18-24-28-41(52)64-35-32-62-40(51)27-23-20-19-22-26-36-38(49)31-39(50)37(30-29-34(48)25-21-6-4-2)43(54)46(65-67(57,58)59)47(45(56)44(55)42(36)53)66-68(60,61)63-33-35/h29-30,34-39,42-50,53-56H,3-28,31-33H2,1-2H3,(H,60,61)(H2,57,58,59)/b30-29+/t34-,35+,36-,37-,38-,39+,42+,43+,44-,45+,46+,47-/m0/s1. The van der Waals surface area contributed by atoms with E-state index in [2.05, 4.69) is 6.92 Å². The lowest BCUT2D eigenvalue weighted by Crippen LogP contribution is -2.56. The van der Waals surface area contributed by atoms with E-state index < -0.39 is 120 Å². The van der Waals surface area contributed by atoms with Crippen molar-refractivity contribution in [2.45, 2.75) is 248 Å². The largest absolute Gasteiger partial charge is 0.472 e. The second kappa shape index (κ2) is 34.9. The molecular weight excluding hydrogens is 930 g/mol. The van der Waals surface area contributed by atoms with Crippen LogP contribution in [0.15, 0.2) is 12.2 Å². The predicted molar refractivity (Wildman–Crippen MR) is 253 cm³/mol. The lowest BCUT2D eigenvalue weighted by molar-refractivity contribution is -0.165. The van der Waals surface area contributed by atoms with Gasteiger partial charge in [-0.25, -0.2) is 9.13 Å². The maximum Gasteiger partial charge on any atom is 0.472 e. The highest BCUT2D eigenvalue weighted by Gasteiger charge is 2.51. The number of fused-ring (bicyclic) bond motifs is 4. The topological polar surface area (TPSA) is 317 Å². The van der Waals surface area contributed by atoms with Crippen LogP contribution >= 0.6 is 15.6 Å². The second-order valence-corrected chi connectivity index (χ2v) is 21.5. The Morgan fingerprint density at radius 2 is 1.31 bits per heavy atom. The average Bonchev–Trinajstić information content (AvgIpc) is 3.28. The summed E-state index contributed by atoms with van der Waals surface area (Å²) in [6, 6.07) is 0.